The van der Waals surface area contributed by atoms with Gasteiger partial charge < -0.3 is 16.0 Å². The zero-order chi connectivity index (χ0) is 16.9. The van der Waals surface area contributed by atoms with Gasteiger partial charge in [0.1, 0.15) is 0 Å². The number of fused-ring (bicyclic) bond motifs is 1. The zero-order valence-electron chi connectivity index (χ0n) is 13.5. The predicted octanol–water partition coefficient (Wildman–Crippen LogP) is 2.63. The average Bonchev–Trinajstić information content (AvgIpc) is 3.05. The number of carbonyl (C=O) groups is 2. The number of amides is 3. The molecule has 0 spiro atoms. The Kier molecular flexibility index (Phi) is 5.10. The molecule has 0 aliphatic carbocycles. The van der Waals surface area contributed by atoms with E-state index < -0.39 is 0 Å². The van der Waals surface area contributed by atoms with Crippen molar-refractivity contribution in [2.75, 3.05) is 11.9 Å². The quantitative estimate of drug-likeness (QED) is 0.780. The molecule has 0 radical (unpaired) electrons. The molecule has 1 unspecified atom stereocenters. The summed E-state index contributed by atoms with van der Waals surface area (Å²) in [5, 5.41) is 11.5. The third-order valence-corrected chi connectivity index (χ3v) is 4.99. The number of nitrogens with zero attached hydrogens (tertiary/aromatic N) is 1. The van der Waals surface area contributed by atoms with E-state index in [0.29, 0.717) is 19.5 Å². The van der Waals surface area contributed by atoms with Crippen LogP contribution in [0.25, 0.3) is 0 Å². The van der Waals surface area contributed by atoms with Gasteiger partial charge in [0.25, 0.3) is 0 Å². The maximum Gasteiger partial charge on any atom is 0.315 e. The average molecular weight is 344 g/mol. The minimum atomic E-state index is -0.246. The zero-order valence-corrected chi connectivity index (χ0v) is 14.3. The largest absolute Gasteiger partial charge is 0.338 e. The topological polar surface area (TPSA) is 83.1 Å². The number of benzene rings is 1. The van der Waals surface area contributed by atoms with E-state index in [1.165, 1.54) is 0 Å². The Balaban J connectivity index is 1.52. The Morgan fingerprint density at radius 1 is 1.38 bits per heavy atom. The Morgan fingerprint density at radius 3 is 3.00 bits per heavy atom. The highest BCUT2D eigenvalue weighted by atomic mass is 32.1. The van der Waals surface area contributed by atoms with Crippen LogP contribution in [0.2, 0.25) is 0 Å². The molecular formula is C17H20N4O2S. The fourth-order valence-corrected chi connectivity index (χ4v) is 3.47. The predicted molar refractivity (Wildman–Crippen MR) is 94.2 cm³/mol. The number of urea groups is 1. The second-order valence-electron chi connectivity index (χ2n) is 5.69. The number of nitrogens with one attached hydrogen (secondary N) is 3. The number of hydrogen-bond acceptors (Lipinski definition) is 4. The number of aromatic nitrogens is 1. The van der Waals surface area contributed by atoms with E-state index in [-0.39, 0.29) is 17.9 Å². The van der Waals surface area contributed by atoms with Crippen LogP contribution in [0.3, 0.4) is 0 Å². The smallest absolute Gasteiger partial charge is 0.315 e. The van der Waals surface area contributed by atoms with Gasteiger partial charge in [0.05, 0.1) is 17.2 Å². The van der Waals surface area contributed by atoms with Crippen LogP contribution in [0.15, 0.2) is 29.6 Å². The van der Waals surface area contributed by atoms with Gasteiger partial charge in [0.2, 0.25) is 5.91 Å². The van der Waals surface area contributed by atoms with Crippen molar-refractivity contribution < 1.29 is 9.59 Å². The summed E-state index contributed by atoms with van der Waals surface area (Å²) in [4.78, 5) is 28.2. The third kappa shape index (κ3) is 3.91. The molecule has 6 nitrogen and oxygen atoms in total. The molecule has 3 N–H and O–H groups in total. The van der Waals surface area contributed by atoms with Crippen molar-refractivity contribution in [1.29, 1.82) is 0 Å². The molecule has 0 bridgehead atoms. The number of para-hydroxylation sites is 1. The van der Waals surface area contributed by atoms with Crippen LogP contribution in [0.1, 0.15) is 35.5 Å². The Bertz CT molecular complexity index is 744. The second-order valence-corrected chi connectivity index (χ2v) is 6.63. The van der Waals surface area contributed by atoms with Crippen molar-refractivity contribution in [2.45, 2.75) is 32.2 Å². The summed E-state index contributed by atoms with van der Waals surface area (Å²) in [5.74, 6) is -0.0258. The van der Waals surface area contributed by atoms with E-state index in [4.69, 9.17) is 0 Å². The van der Waals surface area contributed by atoms with E-state index in [9.17, 15) is 9.59 Å². The minimum absolute atomic E-state index is 0.00772. The van der Waals surface area contributed by atoms with E-state index >= 15 is 0 Å². The van der Waals surface area contributed by atoms with Gasteiger partial charge >= 0.3 is 6.03 Å². The summed E-state index contributed by atoms with van der Waals surface area (Å²) in [6, 6.07) is 7.45. The van der Waals surface area contributed by atoms with Gasteiger partial charge in [-0.15, -0.1) is 11.3 Å². The molecule has 24 heavy (non-hydrogen) atoms. The van der Waals surface area contributed by atoms with Crippen molar-refractivity contribution in [1.82, 2.24) is 15.6 Å². The standard InChI is InChI=1S/C17H20N4O2S/c1-2-16-20-12(10-24-16)9-19-17(23)18-8-11-7-15(22)21-14-6-4-3-5-13(11)14/h3-6,10-11H,2,7-9H2,1H3,(H,21,22)(H2,18,19,23). The number of anilines is 1. The van der Waals surface area contributed by atoms with E-state index in [1.807, 2.05) is 29.6 Å². The molecule has 3 rings (SSSR count). The van der Waals surface area contributed by atoms with Crippen LogP contribution in [-0.4, -0.2) is 23.5 Å². The van der Waals surface area contributed by atoms with Crippen LogP contribution < -0.4 is 16.0 Å². The Morgan fingerprint density at radius 2 is 2.21 bits per heavy atom. The van der Waals surface area contributed by atoms with Gasteiger partial charge in [-0.2, -0.15) is 0 Å². The highest BCUT2D eigenvalue weighted by molar-refractivity contribution is 7.09. The van der Waals surface area contributed by atoms with Gasteiger partial charge in [0, 0.05) is 30.0 Å². The summed E-state index contributed by atoms with van der Waals surface area (Å²) in [6.07, 6.45) is 1.28. The lowest BCUT2D eigenvalue weighted by Crippen LogP contribution is -2.39. The van der Waals surface area contributed by atoms with Crippen LogP contribution in [-0.2, 0) is 17.8 Å². The van der Waals surface area contributed by atoms with Gasteiger partial charge in [-0.25, -0.2) is 9.78 Å². The summed E-state index contributed by atoms with van der Waals surface area (Å²) >= 11 is 1.60. The number of hydrogen-bond donors (Lipinski definition) is 3. The van der Waals surface area contributed by atoms with Crippen LogP contribution >= 0.6 is 11.3 Å². The number of rotatable bonds is 5. The summed E-state index contributed by atoms with van der Waals surface area (Å²) in [5.41, 5.74) is 2.76. The molecule has 3 amide bonds. The molecule has 1 aromatic carbocycles. The van der Waals surface area contributed by atoms with Gasteiger partial charge in [-0.05, 0) is 18.1 Å². The highest BCUT2D eigenvalue weighted by Crippen LogP contribution is 2.31. The summed E-state index contributed by atoms with van der Waals surface area (Å²) in [7, 11) is 0. The molecule has 0 saturated heterocycles. The lowest BCUT2D eigenvalue weighted by atomic mass is 9.90. The molecule has 2 aromatic rings. The molecule has 1 aliphatic rings. The van der Waals surface area contributed by atoms with Gasteiger partial charge in [-0.3, -0.25) is 4.79 Å². The first-order valence-electron chi connectivity index (χ1n) is 7.99. The number of carbonyl (C=O) groups excluding carboxylic acids is 2. The highest BCUT2D eigenvalue weighted by Gasteiger charge is 2.24. The summed E-state index contributed by atoms with van der Waals surface area (Å²) < 4.78 is 0. The van der Waals surface area contributed by atoms with Crippen LogP contribution in [0, 0.1) is 0 Å². The first-order chi connectivity index (χ1) is 11.7. The van der Waals surface area contributed by atoms with E-state index in [0.717, 1.165) is 28.4 Å². The fourth-order valence-electron chi connectivity index (χ4n) is 2.73. The van der Waals surface area contributed by atoms with E-state index in [1.54, 1.807) is 11.3 Å². The van der Waals surface area contributed by atoms with Crippen molar-refractivity contribution >= 4 is 29.0 Å². The van der Waals surface area contributed by atoms with Crippen LogP contribution in [0.4, 0.5) is 10.5 Å². The SMILES string of the molecule is CCc1nc(CNC(=O)NCC2CC(=O)Nc3ccccc32)cs1. The Labute approximate surface area is 144 Å². The number of thiazole rings is 1. The first-order valence-corrected chi connectivity index (χ1v) is 8.87. The fraction of sp³-hybridized carbons (Fsp3) is 0.353. The monoisotopic (exact) mass is 344 g/mol. The molecule has 126 valence electrons. The first kappa shape index (κ1) is 16.4. The van der Waals surface area contributed by atoms with Crippen LogP contribution in [0.5, 0.6) is 0 Å². The van der Waals surface area contributed by atoms with Gasteiger partial charge in [-0.1, -0.05) is 25.1 Å². The Hall–Kier alpha value is -2.41. The molecule has 1 aromatic heterocycles. The van der Waals surface area contributed by atoms with Crippen molar-refractivity contribution in [2.24, 2.45) is 0 Å². The normalized spacial score (nSPS) is 16.2. The molecule has 7 heteroatoms. The molecular weight excluding hydrogens is 324 g/mol. The summed E-state index contributed by atoms with van der Waals surface area (Å²) in [6.45, 7) is 2.89. The molecule has 1 atom stereocenters. The third-order valence-electron chi connectivity index (χ3n) is 3.95. The molecule has 2 heterocycles. The van der Waals surface area contributed by atoms with Crippen molar-refractivity contribution in [3.05, 3.63) is 45.9 Å². The van der Waals surface area contributed by atoms with Crippen molar-refractivity contribution in [3.8, 4) is 0 Å². The maximum absolute atomic E-state index is 12.0. The molecule has 0 fully saturated rings. The van der Waals surface area contributed by atoms with Crippen molar-refractivity contribution in [3.63, 3.8) is 0 Å². The van der Waals surface area contributed by atoms with E-state index in [2.05, 4.69) is 27.9 Å². The lowest BCUT2D eigenvalue weighted by Gasteiger charge is -2.25. The molecule has 1 aliphatic heterocycles. The molecule has 0 saturated carbocycles. The second kappa shape index (κ2) is 7.44. The minimum Gasteiger partial charge on any atom is -0.338 e. The lowest BCUT2D eigenvalue weighted by molar-refractivity contribution is -0.116. The van der Waals surface area contributed by atoms with Gasteiger partial charge in [0.15, 0.2) is 0 Å². The number of aryl methyl sites for hydroxylation is 1. The maximum atomic E-state index is 12.0.